The number of nitrogens with one attached hydrogen (secondary N) is 1. The Morgan fingerprint density at radius 1 is 1.20 bits per heavy atom. The third kappa shape index (κ3) is 2.50. The van der Waals surface area contributed by atoms with Crippen LogP contribution in [0.2, 0.25) is 0 Å². The van der Waals surface area contributed by atoms with E-state index in [1.54, 1.807) is 31.2 Å². The normalized spacial score (nSPS) is 11.8. The molecule has 0 aliphatic heterocycles. The first-order valence-electron chi connectivity index (χ1n) is 5.80. The van der Waals surface area contributed by atoms with Crippen LogP contribution in [-0.4, -0.2) is 18.7 Å². The molecule has 0 bridgehead atoms. The average Bonchev–Trinajstić information content (AvgIpc) is 2.96. The predicted octanol–water partition coefficient (Wildman–Crippen LogP) is 2.07. The van der Waals surface area contributed by atoms with Crippen molar-refractivity contribution in [3.05, 3.63) is 41.8 Å². The lowest BCUT2D eigenvalue weighted by atomic mass is 10.2. The van der Waals surface area contributed by atoms with Crippen LogP contribution in [0.1, 0.15) is 11.5 Å². The van der Waals surface area contributed by atoms with Gasteiger partial charge in [-0.2, -0.15) is 0 Å². The number of aromatic nitrogens is 2. The van der Waals surface area contributed by atoms with E-state index < -0.39 is 10.0 Å². The van der Waals surface area contributed by atoms with Crippen molar-refractivity contribution in [3.8, 4) is 0 Å². The Morgan fingerprint density at radius 3 is 2.75 bits per heavy atom. The van der Waals surface area contributed by atoms with Gasteiger partial charge in [-0.1, -0.05) is 22.4 Å². The van der Waals surface area contributed by atoms with Gasteiger partial charge in [0.25, 0.3) is 0 Å². The Labute approximate surface area is 114 Å². The highest BCUT2D eigenvalue weighted by atomic mass is 32.2. The van der Waals surface area contributed by atoms with Gasteiger partial charge in [-0.05, 0) is 19.1 Å². The summed E-state index contributed by atoms with van der Waals surface area (Å²) in [4.78, 5) is 0. The molecule has 0 amide bonds. The van der Waals surface area contributed by atoms with Crippen LogP contribution >= 0.6 is 0 Å². The molecule has 8 heteroatoms. The molecule has 2 aromatic heterocycles. The highest BCUT2D eigenvalue weighted by Gasteiger charge is 2.18. The van der Waals surface area contributed by atoms with Crippen LogP contribution in [0.5, 0.6) is 0 Å². The lowest BCUT2D eigenvalue weighted by molar-refractivity contribution is 0.400. The minimum Gasteiger partial charge on any atom is -0.360 e. The molecule has 0 spiro atoms. The first kappa shape index (κ1) is 12.7. The van der Waals surface area contributed by atoms with Crippen molar-refractivity contribution in [2.24, 2.45) is 0 Å². The van der Waals surface area contributed by atoms with Gasteiger partial charge < -0.3 is 9.05 Å². The predicted molar refractivity (Wildman–Crippen MR) is 71.5 cm³/mol. The minimum atomic E-state index is -3.63. The minimum absolute atomic E-state index is 0.148. The van der Waals surface area contributed by atoms with Crippen molar-refractivity contribution in [2.45, 2.75) is 12.7 Å². The number of para-hydroxylation sites is 1. The van der Waals surface area contributed by atoms with Gasteiger partial charge in [-0.3, -0.25) is 4.72 Å². The lowest BCUT2D eigenvalue weighted by Gasteiger charge is -2.02. The molecule has 0 fully saturated rings. The molecule has 104 valence electrons. The number of aryl methyl sites for hydroxylation is 1. The molecule has 7 nitrogen and oxygen atoms in total. The lowest BCUT2D eigenvalue weighted by Crippen LogP contribution is -2.15. The summed E-state index contributed by atoms with van der Waals surface area (Å²) in [6.45, 7) is 1.68. The summed E-state index contributed by atoms with van der Waals surface area (Å²) >= 11 is 0. The maximum absolute atomic E-state index is 12.0. The van der Waals surface area contributed by atoms with E-state index in [1.165, 1.54) is 6.07 Å². The number of anilines is 1. The molecular weight excluding hydrogens is 282 g/mol. The second kappa shape index (κ2) is 4.64. The summed E-state index contributed by atoms with van der Waals surface area (Å²) in [6, 6.07) is 8.58. The Balaban J connectivity index is 1.86. The fourth-order valence-corrected chi connectivity index (χ4v) is 2.89. The highest BCUT2D eigenvalue weighted by Crippen LogP contribution is 2.20. The third-order valence-electron chi connectivity index (χ3n) is 2.67. The summed E-state index contributed by atoms with van der Waals surface area (Å²) in [6.07, 6.45) is 0. The van der Waals surface area contributed by atoms with Crippen LogP contribution < -0.4 is 4.72 Å². The zero-order valence-electron chi connectivity index (χ0n) is 10.5. The van der Waals surface area contributed by atoms with Crippen molar-refractivity contribution in [2.75, 3.05) is 4.72 Å². The number of nitrogens with zero attached hydrogens (tertiary/aromatic N) is 2. The quantitative estimate of drug-likeness (QED) is 0.790. The molecule has 3 rings (SSSR count). The maximum atomic E-state index is 12.0. The number of benzene rings is 1. The number of rotatable bonds is 4. The molecule has 2 heterocycles. The second-order valence-electron chi connectivity index (χ2n) is 4.31. The number of sulfonamides is 1. The van der Waals surface area contributed by atoms with E-state index in [-0.39, 0.29) is 11.6 Å². The van der Waals surface area contributed by atoms with Gasteiger partial charge in [0.2, 0.25) is 10.0 Å². The van der Waals surface area contributed by atoms with Crippen molar-refractivity contribution >= 4 is 26.8 Å². The largest absolute Gasteiger partial charge is 0.360 e. The number of hydrogen-bond donors (Lipinski definition) is 1. The molecule has 20 heavy (non-hydrogen) atoms. The molecule has 1 N–H and O–H groups in total. The van der Waals surface area contributed by atoms with Gasteiger partial charge in [-0.25, -0.2) is 8.42 Å². The standard InChI is InChI=1S/C12H11N3O4S/c1-8-6-12(14-18-8)15-20(16,17)7-10-9-4-2-3-5-11(9)19-13-10/h2-6H,7H2,1H3,(H,14,15). The third-order valence-corrected chi connectivity index (χ3v) is 3.84. The molecule has 1 aromatic carbocycles. The summed E-state index contributed by atoms with van der Waals surface area (Å²) < 4.78 is 36.3. The Kier molecular flexibility index (Phi) is 2.94. The smallest absolute Gasteiger partial charge is 0.239 e. The van der Waals surface area contributed by atoms with E-state index >= 15 is 0 Å². The van der Waals surface area contributed by atoms with E-state index in [0.717, 1.165) is 0 Å². The second-order valence-corrected chi connectivity index (χ2v) is 6.03. The highest BCUT2D eigenvalue weighted by molar-refractivity contribution is 7.91. The van der Waals surface area contributed by atoms with E-state index in [4.69, 9.17) is 9.05 Å². The molecule has 0 saturated carbocycles. The topological polar surface area (TPSA) is 98.2 Å². The van der Waals surface area contributed by atoms with E-state index in [0.29, 0.717) is 22.4 Å². The zero-order chi connectivity index (χ0) is 14.2. The van der Waals surface area contributed by atoms with Gasteiger partial charge in [0.05, 0.1) is 0 Å². The molecule has 0 atom stereocenters. The van der Waals surface area contributed by atoms with Crippen molar-refractivity contribution in [1.29, 1.82) is 0 Å². The molecule has 0 saturated heterocycles. The first-order valence-corrected chi connectivity index (χ1v) is 7.46. The fraction of sp³-hybridized carbons (Fsp3) is 0.167. The molecular formula is C12H11N3O4S. The zero-order valence-corrected chi connectivity index (χ0v) is 11.3. The van der Waals surface area contributed by atoms with Crippen LogP contribution in [0.4, 0.5) is 5.82 Å². The summed E-state index contributed by atoms with van der Waals surface area (Å²) in [7, 11) is -3.63. The van der Waals surface area contributed by atoms with Gasteiger partial charge >= 0.3 is 0 Å². The number of fused-ring (bicyclic) bond motifs is 1. The number of hydrogen-bond acceptors (Lipinski definition) is 6. The van der Waals surface area contributed by atoms with Gasteiger partial charge in [-0.15, -0.1) is 0 Å². The van der Waals surface area contributed by atoms with Gasteiger partial charge in [0, 0.05) is 11.5 Å². The van der Waals surface area contributed by atoms with E-state index in [1.807, 2.05) is 0 Å². The summed E-state index contributed by atoms with van der Waals surface area (Å²) in [5.41, 5.74) is 0.906. The Bertz CT molecular complexity index is 850. The molecule has 0 radical (unpaired) electrons. The summed E-state index contributed by atoms with van der Waals surface area (Å²) in [5.74, 6) is 0.375. The summed E-state index contributed by atoms with van der Waals surface area (Å²) in [5, 5.41) is 8.05. The molecule has 3 aromatic rings. The Morgan fingerprint density at radius 2 is 2.00 bits per heavy atom. The molecule has 0 aliphatic rings. The first-order chi connectivity index (χ1) is 9.53. The van der Waals surface area contributed by atoms with Crippen LogP contribution in [0.3, 0.4) is 0 Å². The van der Waals surface area contributed by atoms with Gasteiger partial charge in [0.1, 0.15) is 17.2 Å². The SMILES string of the molecule is Cc1cc(NS(=O)(=O)Cc2noc3ccccc23)no1. The van der Waals surface area contributed by atoms with E-state index in [9.17, 15) is 8.42 Å². The van der Waals surface area contributed by atoms with Gasteiger partial charge in [0.15, 0.2) is 11.4 Å². The van der Waals surface area contributed by atoms with Crippen molar-refractivity contribution < 1.29 is 17.5 Å². The van der Waals surface area contributed by atoms with Crippen LogP contribution in [0.25, 0.3) is 11.0 Å². The van der Waals surface area contributed by atoms with Crippen LogP contribution in [-0.2, 0) is 15.8 Å². The van der Waals surface area contributed by atoms with Crippen LogP contribution in [0, 0.1) is 6.92 Å². The van der Waals surface area contributed by atoms with Crippen molar-refractivity contribution in [3.63, 3.8) is 0 Å². The fourth-order valence-electron chi connectivity index (χ4n) is 1.83. The van der Waals surface area contributed by atoms with Crippen molar-refractivity contribution in [1.82, 2.24) is 10.3 Å². The van der Waals surface area contributed by atoms with E-state index in [2.05, 4.69) is 15.0 Å². The van der Waals surface area contributed by atoms with Crippen LogP contribution in [0.15, 0.2) is 39.4 Å². The maximum Gasteiger partial charge on any atom is 0.239 e. The molecule has 0 aliphatic carbocycles. The average molecular weight is 293 g/mol. The molecule has 0 unspecified atom stereocenters. The Hall–Kier alpha value is -2.35. The monoisotopic (exact) mass is 293 g/mol.